The van der Waals surface area contributed by atoms with Crippen LogP contribution in [0.25, 0.3) is 0 Å². The van der Waals surface area contributed by atoms with Crippen LogP contribution >= 0.6 is 12.2 Å². The Balaban J connectivity index is 1.94. The summed E-state index contributed by atoms with van der Waals surface area (Å²) in [5, 5.41) is 14.5. The van der Waals surface area contributed by atoms with Crippen LogP contribution in [0.2, 0.25) is 0 Å². The number of aliphatic hydroxyl groups is 1. The molecular formula is C25H32F5N5O3S. The molecule has 1 saturated heterocycles. The smallest absolute Gasteiger partial charge is 0.393 e. The minimum Gasteiger partial charge on any atom is -0.393 e. The third kappa shape index (κ3) is 7.68. The Bertz CT molecular complexity index is 1120. The van der Waals surface area contributed by atoms with Gasteiger partial charge in [-0.2, -0.15) is 13.2 Å². The zero-order valence-corrected chi connectivity index (χ0v) is 22.6. The maximum atomic E-state index is 14.1. The second-order valence-corrected chi connectivity index (χ2v) is 10.4. The van der Waals surface area contributed by atoms with Gasteiger partial charge in [0.25, 0.3) is 18.2 Å². The molecule has 0 bridgehead atoms. The van der Waals surface area contributed by atoms with Crippen molar-refractivity contribution in [3.63, 3.8) is 0 Å². The topological polar surface area (TPSA) is 107 Å². The summed E-state index contributed by atoms with van der Waals surface area (Å²) in [6, 6.07) is -3.22. The van der Waals surface area contributed by atoms with Crippen molar-refractivity contribution in [3.05, 3.63) is 23.4 Å². The van der Waals surface area contributed by atoms with Crippen LogP contribution in [-0.2, 0) is 9.59 Å². The van der Waals surface area contributed by atoms with Gasteiger partial charge in [-0.05, 0) is 58.9 Å². The summed E-state index contributed by atoms with van der Waals surface area (Å²) in [4.78, 5) is 35.6. The first-order valence-electron chi connectivity index (χ1n) is 12.7. The number of carbonyl (C=O) groups is 2. The van der Waals surface area contributed by atoms with E-state index >= 15 is 0 Å². The van der Waals surface area contributed by atoms with Crippen LogP contribution in [-0.4, -0.2) is 80.4 Å². The van der Waals surface area contributed by atoms with Crippen LogP contribution in [0, 0.1) is 0 Å². The van der Waals surface area contributed by atoms with Crippen LogP contribution in [0.3, 0.4) is 0 Å². The molecule has 1 aliphatic carbocycles. The minimum atomic E-state index is -4.63. The lowest BCUT2D eigenvalue weighted by atomic mass is 10.0. The SMILES string of the molecule is CC(=NC(C(=O)N1CCC[C@@H]1C)C(=S)c1cnc(N[C@@H](C)C(F)(F)F)cc1C(F)F)C(=O)N[C@@H]1CC[C@@H](O)C1. The monoisotopic (exact) mass is 577 g/mol. The Morgan fingerprint density at radius 1 is 1.26 bits per heavy atom. The van der Waals surface area contributed by atoms with Gasteiger partial charge in [0.15, 0.2) is 6.04 Å². The molecule has 2 aliphatic rings. The van der Waals surface area contributed by atoms with Crippen molar-refractivity contribution in [1.82, 2.24) is 15.2 Å². The quantitative estimate of drug-likeness (QED) is 0.178. The molecule has 3 rings (SSSR count). The van der Waals surface area contributed by atoms with Gasteiger partial charge in [0, 0.05) is 36.0 Å². The zero-order chi connectivity index (χ0) is 29.1. The highest BCUT2D eigenvalue weighted by Crippen LogP contribution is 2.30. The molecule has 1 aromatic heterocycles. The Labute approximate surface area is 228 Å². The van der Waals surface area contributed by atoms with Gasteiger partial charge >= 0.3 is 6.18 Å². The molecule has 0 aromatic carbocycles. The van der Waals surface area contributed by atoms with Crippen molar-refractivity contribution >= 4 is 40.4 Å². The standard InChI is InChI=1S/C25H32F5N5O3S/c1-12-5-4-8-35(12)24(38)20(32-13(2)23(37)34-15-6-7-16(36)9-15)21(39)18-11-31-19(10-17(18)22(26)27)33-14(3)25(28,29)30/h10-12,14-16,20,22,36H,4-9H2,1-3H3,(H,31,33)(H,34,37)/t12-,14-,15+,16+,20?/m0/s1. The van der Waals surface area contributed by atoms with Crippen LogP contribution in [0.1, 0.15) is 70.4 Å². The molecule has 1 aliphatic heterocycles. The average Bonchev–Trinajstić information content (AvgIpc) is 3.48. The molecular weight excluding hydrogens is 545 g/mol. The summed E-state index contributed by atoms with van der Waals surface area (Å²) in [7, 11) is 0. The van der Waals surface area contributed by atoms with E-state index in [0.29, 0.717) is 25.8 Å². The molecule has 14 heteroatoms. The molecule has 1 saturated carbocycles. The Hall–Kier alpha value is -2.74. The number of aromatic nitrogens is 1. The number of hydrogen-bond acceptors (Lipinski definition) is 7. The van der Waals surface area contributed by atoms with E-state index in [2.05, 4.69) is 15.3 Å². The number of anilines is 1. The summed E-state index contributed by atoms with van der Waals surface area (Å²) in [5.74, 6) is -1.59. The minimum absolute atomic E-state index is 0.104. The molecule has 2 fully saturated rings. The fourth-order valence-corrected chi connectivity index (χ4v) is 4.99. The van der Waals surface area contributed by atoms with Crippen LogP contribution < -0.4 is 10.6 Å². The molecule has 1 unspecified atom stereocenters. The maximum absolute atomic E-state index is 14.1. The summed E-state index contributed by atoms with van der Waals surface area (Å²) in [6.45, 7) is 4.42. The largest absolute Gasteiger partial charge is 0.408 e. The molecule has 0 spiro atoms. The number of aliphatic hydroxyl groups excluding tert-OH is 1. The van der Waals surface area contributed by atoms with Crippen LogP contribution in [0.15, 0.2) is 17.3 Å². The van der Waals surface area contributed by atoms with Gasteiger partial charge in [-0.3, -0.25) is 14.6 Å². The molecule has 3 N–H and O–H groups in total. The van der Waals surface area contributed by atoms with E-state index in [4.69, 9.17) is 12.2 Å². The summed E-state index contributed by atoms with van der Waals surface area (Å²) in [5.41, 5.74) is -1.13. The number of rotatable bonds is 9. The number of aliphatic imine (C=N–C) groups is 1. The van der Waals surface area contributed by atoms with Gasteiger partial charge in [0.2, 0.25) is 0 Å². The molecule has 5 atom stereocenters. The van der Waals surface area contributed by atoms with Crippen molar-refractivity contribution in [2.75, 3.05) is 11.9 Å². The molecule has 1 aromatic rings. The summed E-state index contributed by atoms with van der Waals surface area (Å²) in [6.07, 6.45) is -4.47. The number of halogens is 5. The Kier molecular flexibility index (Phi) is 9.97. The number of likely N-dealkylation sites (tertiary alicyclic amines) is 1. The first-order valence-corrected chi connectivity index (χ1v) is 13.1. The number of hydrogen-bond donors (Lipinski definition) is 3. The predicted octanol–water partition coefficient (Wildman–Crippen LogP) is 3.97. The van der Waals surface area contributed by atoms with Crippen molar-refractivity contribution in [3.8, 4) is 0 Å². The van der Waals surface area contributed by atoms with Gasteiger partial charge in [-0.15, -0.1) is 0 Å². The van der Waals surface area contributed by atoms with E-state index in [1.54, 1.807) is 0 Å². The lowest BCUT2D eigenvalue weighted by Gasteiger charge is -2.26. The number of pyridine rings is 1. The normalized spacial score (nSPS) is 23.6. The second-order valence-electron chi connectivity index (χ2n) is 10.0. The Morgan fingerprint density at radius 2 is 1.95 bits per heavy atom. The van der Waals surface area contributed by atoms with E-state index < -0.39 is 54.0 Å². The highest BCUT2D eigenvalue weighted by atomic mass is 32.1. The van der Waals surface area contributed by atoms with Crippen molar-refractivity contribution in [1.29, 1.82) is 0 Å². The van der Waals surface area contributed by atoms with Crippen LogP contribution in [0.5, 0.6) is 0 Å². The fourth-order valence-electron chi connectivity index (χ4n) is 4.66. The molecule has 2 heterocycles. The molecule has 8 nitrogen and oxygen atoms in total. The maximum Gasteiger partial charge on any atom is 0.408 e. The number of nitrogens with zero attached hydrogens (tertiary/aromatic N) is 3. The van der Waals surface area contributed by atoms with Crippen molar-refractivity contribution in [2.45, 2.75) is 95.7 Å². The molecule has 39 heavy (non-hydrogen) atoms. The van der Waals surface area contributed by atoms with Crippen LogP contribution in [0.4, 0.5) is 27.8 Å². The van der Waals surface area contributed by atoms with Gasteiger partial charge < -0.3 is 20.6 Å². The first-order chi connectivity index (χ1) is 18.2. The third-order valence-corrected chi connectivity index (χ3v) is 7.44. The van der Waals surface area contributed by atoms with E-state index in [0.717, 1.165) is 32.0 Å². The second kappa shape index (κ2) is 12.6. The van der Waals surface area contributed by atoms with Gasteiger partial charge in [0.1, 0.15) is 11.9 Å². The highest BCUT2D eigenvalue weighted by molar-refractivity contribution is 7.81. The number of nitrogens with one attached hydrogen (secondary N) is 2. The zero-order valence-electron chi connectivity index (χ0n) is 21.8. The first kappa shape index (κ1) is 30.8. The lowest BCUT2D eigenvalue weighted by Crippen LogP contribution is -2.45. The highest BCUT2D eigenvalue weighted by Gasteiger charge is 2.38. The van der Waals surface area contributed by atoms with E-state index in [1.807, 2.05) is 12.2 Å². The number of thiocarbonyl (C=S) groups is 1. The summed E-state index contributed by atoms with van der Waals surface area (Å²) >= 11 is 5.46. The van der Waals surface area contributed by atoms with E-state index in [9.17, 15) is 36.6 Å². The molecule has 216 valence electrons. The fraction of sp³-hybridized carbons (Fsp3) is 0.640. The van der Waals surface area contributed by atoms with Gasteiger partial charge in [0.05, 0.1) is 16.7 Å². The van der Waals surface area contributed by atoms with Crippen molar-refractivity contribution in [2.24, 2.45) is 4.99 Å². The molecule has 2 amide bonds. The average molecular weight is 578 g/mol. The third-order valence-electron chi connectivity index (χ3n) is 7.00. The van der Waals surface area contributed by atoms with E-state index in [-0.39, 0.29) is 28.2 Å². The van der Waals surface area contributed by atoms with Gasteiger partial charge in [-0.1, -0.05) is 12.2 Å². The lowest BCUT2D eigenvalue weighted by molar-refractivity contribution is -0.138. The van der Waals surface area contributed by atoms with Crippen molar-refractivity contribution < 1.29 is 36.6 Å². The number of amides is 2. The number of alkyl halides is 5. The van der Waals surface area contributed by atoms with Gasteiger partial charge in [-0.25, -0.2) is 13.8 Å². The van der Waals surface area contributed by atoms with E-state index in [1.165, 1.54) is 11.8 Å². The number of carbonyl (C=O) groups excluding carboxylic acids is 2. The predicted molar refractivity (Wildman–Crippen MR) is 139 cm³/mol. The Morgan fingerprint density at radius 3 is 2.49 bits per heavy atom. The molecule has 0 radical (unpaired) electrons. The summed E-state index contributed by atoms with van der Waals surface area (Å²) < 4.78 is 67.0.